The average Bonchev–Trinajstić information content (AvgIpc) is 1.88. The molecule has 0 bridgehead atoms. The van der Waals surface area contributed by atoms with Crippen LogP contribution in [0.1, 0.15) is 0 Å². The summed E-state index contributed by atoms with van der Waals surface area (Å²) in [6.07, 6.45) is 2.40. The molecule has 56 valence electrons. The van der Waals surface area contributed by atoms with E-state index in [2.05, 4.69) is 15.0 Å². The van der Waals surface area contributed by atoms with Crippen molar-refractivity contribution in [2.24, 2.45) is 10.7 Å². The van der Waals surface area contributed by atoms with E-state index < -0.39 is 11.9 Å². The maximum absolute atomic E-state index is 12.4. The average molecular weight is 145 g/mol. The molecule has 0 fully saturated rings. The van der Waals surface area contributed by atoms with Crippen molar-refractivity contribution in [3.63, 3.8) is 0 Å². The molecule has 1 heterocycles. The van der Waals surface area contributed by atoms with Gasteiger partial charge in [0, 0.05) is 19.4 Å². The van der Waals surface area contributed by atoms with Crippen LogP contribution in [-0.2, 0) is 4.74 Å². The maximum atomic E-state index is 12.4. The first-order valence-electron chi connectivity index (χ1n) is 2.69. The van der Waals surface area contributed by atoms with E-state index in [1.54, 1.807) is 0 Å². The number of hydrogen-bond donors (Lipinski definition) is 2. The van der Waals surface area contributed by atoms with Gasteiger partial charge < -0.3 is 10.1 Å². The van der Waals surface area contributed by atoms with Gasteiger partial charge in [0.15, 0.2) is 5.95 Å². The van der Waals surface area contributed by atoms with Crippen molar-refractivity contribution >= 4 is 6.21 Å². The summed E-state index contributed by atoms with van der Waals surface area (Å²) in [4.78, 5) is 3.63. The predicted molar refractivity (Wildman–Crippen MR) is 34.7 cm³/mol. The second-order valence-electron chi connectivity index (χ2n) is 1.82. The Labute approximate surface area is 57.6 Å². The Morgan fingerprint density at radius 1 is 1.90 bits per heavy atom. The molecule has 3 N–H and O–H groups in total. The van der Waals surface area contributed by atoms with E-state index >= 15 is 0 Å². The summed E-state index contributed by atoms with van der Waals surface area (Å²) in [5.41, 5.74) is 5.34. The lowest BCUT2D eigenvalue weighted by atomic mass is 10.5. The molecular formula is C5H8FN3O. The minimum absolute atomic E-state index is 0.556. The van der Waals surface area contributed by atoms with E-state index in [0.717, 1.165) is 6.08 Å². The zero-order valence-corrected chi connectivity index (χ0v) is 5.47. The first-order chi connectivity index (χ1) is 4.66. The summed E-state index contributed by atoms with van der Waals surface area (Å²) < 4.78 is 17.0. The second kappa shape index (κ2) is 2.36. The molecule has 4 nitrogen and oxygen atoms in total. The summed E-state index contributed by atoms with van der Waals surface area (Å²) >= 11 is 0. The van der Waals surface area contributed by atoms with Gasteiger partial charge in [-0.1, -0.05) is 0 Å². The molecule has 0 saturated carbocycles. The maximum Gasteiger partial charge on any atom is 0.299 e. The van der Waals surface area contributed by atoms with Gasteiger partial charge in [-0.2, -0.15) is 4.39 Å². The van der Waals surface area contributed by atoms with Gasteiger partial charge in [-0.25, -0.2) is 4.99 Å². The van der Waals surface area contributed by atoms with Crippen molar-refractivity contribution < 1.29 is 9.13 Å². The Kier molecular flexibility index (Phi) is 1.69. The third-order valence-corrected chi connectivity index (χ3v) is 1.10. The van der Waals surface area contributed by atoms with E-state index in [1.165, 1.54) is 13.3 Å². The summed E-state index contributed by atoms with van der Waals surface area (Å²) in [5.74, 6) is -1.99. The van der Waals surface area contributed by atoms with Crippen LogP contribution < -0.4 is 11.1 Å². The Balaban J connectivity index is 2.71. The summed E-state index contributed by atoms with van der Waals surface area (Å²) in [7, 11) is 1.34. The van der Waals surface area contributed by atoms with Gasteiger partial charge in [-0.05, 0) is 0 Å². The monoisotopic (exact) mass is 145 g/mol. The number of nitrogens with zero attached hydrogens (tertiary/aromatic N) is 1. The van der Waals surface area contributed by atoms with Crippen molar-refractivity contribution in [3.05, 3.63) is 12.0 Å². The van der Waals surface area contributed by atoms with Crippen LogP contribution in [0.3, 0.4) is 0 Å². The molecule has 5 heteroatoms. The first kappa shape index (κ1) is 7.17. The topological polar surface area (TPSA) is 59.6 Å². The molecule has 0 aromatic rings. The SMILES string of the molecule is COC1(N)N=CC=C(F)N1. The van der Waals surface area contributed by atoms with Gasteiger partial charge in [0.1, 0.15) is 0 Å². The van der Waals surface area contributed by atoms with Crippen molar-refractivity contribution in [1.29, 1.82) is 0 Å². The normalized spacial score (nSPS) is 31.3. The van der Waals surface area contributed by atoms with Crippen LogP contribution in [0.25, 0.3) is 0 Å². The van der Waals surface area contributed by atoms with Crippen LogP contribution in [0.5, 0.6) is 0 Å². The van der Waals surface area contributed by atoms with Crippen LogP contribution in [0.4, 0.5) is 4.39 Å². The largest absolute Gasteiger partial charge is 0.328 e. The molecular weight excluding hydrogens is 137 g/mol. The van der Waals surface area contributed by atoms with Gasteiger partial charge in [0.2, 0.25) is 0 Å². The van der Waals surface area contributed by atoms with E-state index in [4.69, 9.17) is 5.73 Å². The third-order valence-electron chi connectivity index (χ3n) is 1.10. The highest BCUT2D eigenvalue weighted by Crippen LogP contribution is 2.06. The van der Waals surface area contributed by atoms with Crippen molar-refractivity contribution in [1.82, 2.24) is 5.32 Å². The minimum Gasteiger partial charge on any atom is -0.328 e. The molecule has 1 aliphatic rings. The lowest BCUT2D eigenvalue weighted by molar-refractivity contribution is -0.0242. The molecule has 1 unspecified atom stereocenters. The fourth-order valence-corrected chi connectivity index (χ4v) is 0.562. The Bertz CT molecular complexity index is 191. The van der Waals surface area contributed by atoms with E-state index in [1.807, 2.05) is 0 Å². The predicted octanol–water partition coefficient (Wildman–Crippen LogP) is -0.312. The van der Waals surface area contributed by atoms with E-state index in [9.17, 15) is 4.39 Å². The number of methoxy groups -OCH3 is 1. The van der Waals surface area contributed by atoms with Gasteiger partial charge in [0.25, 0.3) is 5.97 Å². The smallest absolute Gasteiger partial charge is 0.299 e. The number of halogens is 1. The van der Waals surface area contributed by atoms with Crippen molar-refractivity contribution in [2.75, 3.05) is 7.11 Å². The zero-order chi connectivity index (χ0) is 7.61. The summed E-state index contributed by atoms with van der Waals surface area (Å²) in [6, 6.07) is 0. The quantitative estimate of drug-likeness (QED) is 0.393. The minimum atomic E-state index is -1.43. The molecule has 0 spiro atoms. The number of ether oxygens (including phenoxy) is 1. The lowest BCUT2D eigenvalue weighted by Gasteiger charge is -2.25. The fourth-order valence-electron chi connectivity index (χ4n) is 0.562. The Morgan fingerprint density at radius 2 is 2.60 bits per heavy atom. The second-order valence-corrected chi connectivity index (χ2v) is 1.82. The number of hydrogen-bond acceptors (Lipinski definition) is 4. The van der Waals surface area contributed by atoms with Crippen LogP contribution in [0.2, 0.25) is 0 Å². The van der Waals surface area contributed by atoms with Crippen molar-refractivity contribution in [3.8, 4) is 0 Å². The highest BCUT2D eigenvalue weighted by atomic mass is 19.1. The molecule has 0 saturated heterocycles. The molecule has 0 aliphatic carbocycles. The van der Waals surface area contributed by atoms with Gasteiger partial charge in [-0.15, -0.1) is 0 Å². The molecule has 0 amide bonds. The molecule has 1 aliphatic heterocycles. The Hall–Kier alpha value is -0.940. The summed E-state index contributed by atoms with van der Waals surface area (Å²) in [6.45, 7) is 0. The number of nitrogens with one attached hydrogen (secondary N) is 1. The number of rotatable bonds is 1. The molecule has 0 radical (unpaired) electrons. The van der Waals surface area contributed by atoms with Crippen LogP contribution in [0, 0.1) is 0 Å². The molecule has 10 heavy (non-hydrogen) atoms. The van der Waals surface area contributed by atoms with E-state index in [0.29, 0.717) is 0 Å². The fraction of sp³-hybridized carbons (Fsp3) is 0.400. The molecule has 1 rings (SSSR count). The zero-order valence-electron chi connectivity index (χ0n) is 5.47. The highest BCUT2D eigenvalue weighted by molar-refractivity contribution is 5.72. The van der Waals surface area contributed by atoms with Gasteiger partial charge in [0.05, 0.1) is 0 Å². The molecule has 1 atom stereocenters. The lowest BCUT2D eigenvalue weighted by Crippen LogP contribution is -2.53. The number of allylic oxidation sites excluding steroid dienone is 1. The molecule has 0 aromatic heterocycles. The van der Waals surface area contributed by atoms with E-state index in [-0.39, 0.29) is 0 Å². The van der Waals surface area contributed by atoms with Gasteiger partial charge in [-0.3, -0.25) is 5.73 Å². The Morgan fingerprint density at radius 3 is 3.00 bits per heavy atom. The number of aliphatic imine (C=N–C) groups is 1. The third kappa shape index (κ3) is 1.31. The van der Waals surface area contributed by atoms with Crippen LogP contribution >= 0.6 is 0 Å². The van der Waals surface area contributed by atoms with Gasteiger partial charge >= 0.3 is 0 Å². The van der Waals surface area contributed by atoms with Crippen LogP contribution in [0.15, 0.2) is 17.0 Å². The first-order valence-corrected chi connectivity index (χ1v) is 2.69. The number of nitrogens with two attached hydrogens (primary N) is 1. The van der Waals surface area contributed by atoms with Crippen molar-refractivity contribution in [2.45, 2.75) is 5.97 Å². The standard InChI is InChI=1S/C5H8FN3O/c1-10-5(7)8-3-2-4(6)9-5/h2-3,9H,7H2,1H3. The summed E-state index contributed by atoms with van der Waals surface area (Å²) in [5, 5.41) is 2.19. The highest BCUT2D eigenvalue weighted by Gasteiger charge is 2.24. The van der Waals surface area contributed by atoms with Crippen LogP contribution in [-0.4, -0.2) is 19.3 Å². The molecule has 0 aromatic carbocycles.